The molecular weight excluding hydrogens is 236 g/mol. The molecule has 0 heterocycles. The molecule has 0 radical (unpaired) electrons. The van der Waals surface area contributed by atoms with Crippen LogP contribution in [0.25, 0.3) is 0 Å². The second-order valence-corrected chi connectivity index (χ2v) is 8.08. The molecule has 4 aliphatic carbocycles. The van der Waals surface area contributed by atoms with Crippen LogP contribution in [-0.4, -0.2) is 23.9 Å². The normalized spacial score (nSPS) is 42.6. The summed E-state index contributed by atoms with van der Waals surface area (Å²) < 4.78 is 5.48. The van der Waals surface area contributed by atoms with Crippen molar-refractivity contribution in [3.63, 3.8) is 0 Å². The fraction of sp³-hybridized carbons (Fsp3) is 1.00. The standard InChI is InChI=1S/C17H30O2/c1-17(2,19-3)5-4-15(18)16-13-7-11-6-12(9-13)10-14(16)8-11/h11-16,18H,4-10H2,1-3H3. The van der Waals surface area contributed by atoms with Gasteiger partial charge in [0.25, 0.3) is 0 Å². The lowest BCUT2D eigenvalue weighted by Crippen LogP contribution is -2.49. The second-order valence-electron chi connectivity index (χ2n) is 8.08. The average Bonchev–Trinajstić information content (AvgIpc) is 2.35. The molecule has 1 N–H and O–H groups in total. The third kappa shape index (κ3) is 2.71. The summed E-state index contributed by atoms with van der Waals surface area (Å²) in [5.41, 5.74) is -0.0904. The third-order valence-electron chi connectivity index (χ3n) is 6.34. The van der Waals surface area contributed by atoms with Gasteiger partial charge in [-0.25, -0.2) is 0 Å². The lowest BCUT2D eigenvalue weighted by Gasteiger charge is -2.55. The minimum Gasteiger partial charge on any atom is -0.393 e. The molecule has 0 aliphatic heterocycles. The van der Waals surface area contributed by atoms with Gasteiger partial charge >= 0.3 is 0 Å². The highest BCUT2D eigenvalue weighted by Crippen LogP contribution is 2.57. The number of methoxy groups -OCH3 is 1. The lowest BCUT2D eigenvalue weighted by atomic mass is 9.50. The van der Waals surface area contributed by atoms with Gasteiger partial charge in [-0.1, -0.05) is 0 Å². The van der Waals surface area contributed by atoms with Gasteiger partial charge in [-0.05, 0) is 88.4 Å². The molecule has 1 atom stereocenters. The Morgan fingerprint density at radius 1 is 1.05 bits per heavy atom. The van der Waals surface area contributed by atoms with E-state index in [2.05, 4.69) is 13.8 Å². The van der Waals surface area contributed by atoms with Crippen LogP contribution in [0.3, 0.4) is 0 Å². The fourth-order valence-corrected chi connectivity index (χ4v) is 5.39. The molecule has 4 fully saturated rings. The predicted octanol–water partition coefficient (Wildman–Crippen LogP) is 3.62. The topological polar surface area (TPSA) is 29.5 Å². The van der Waals surface area contributed by atoms with Gasteiger partial charge in [0.05, 0.1) is 11.7 Å². The molecule has 0 amide bonds. The number of hydrogen-bond donors (Lipinski definition) is 1. The number of hydrogen-bond acceptors (Lipinski definition) is 2. The number of ether oxygens (including phenoxy) is 1. The molecule has 2 nitrogen and oxygen atoms in total. The summed E-state index contributed by atoms with van der Waals surface area (Å²) in [4.78, 5) is 0. The van der Waals surface area contributed by atoms with Crippen LogP contribution in [0.4, 0.5) is 0 Å². The molecular formula is C17H30O2. The Hall–Kier alpha value is -0.0800. The zero-order valence-electron chi connectivity index (χ0n) is 12.8. The summed E-state index contributed by atoms with van der Waals surface area (Å²) in [7, 11) is 1.77. The van der Waals surface area contributed by atoms with Crippen molar-refractivity contribution in [1.82, 2.24) is 0 Å². The van der Waals surface area contributed by atoms with Crippen molar-refractivity contribution in [3.05, 3.63) is 0 Å². The quantitative estimate of drug-likeness (QED) is 0.823. The summed E-state index contributed by atoms with van der Waals surface area (Å²) in [5.74, 6) is 4.26. The maximum atomic E-state index is 10.7. The highest BCUT2D eigenvalue weighted by molar-refractivity contribution is 5.00. The summed E-state index contributed by atoms with van der Waals surface area (Å²) in [6.45, 7) is 4.24. The Kier molecular flexibility index (Phi) is 3.68. The SMILES string of the molecule is COC(C)(C)CCC(O)C1C2CC3CC(C2)CC1C3. The molecule has 0 aromatic carbocycles. The average molecular weight is 266 g/mol. The van der Waals surface area contributed by atoms with Crippen molar-refractivity contribution in [3.8, 4) is 0 Å². The van der Waals surface area contributed by atoms with E-state index >= 15 is 0 Å². The molecule has 19 heavy (non-hydrogen) atoms. The van der Waals surface area contributed by atoms with Crippen molar-refractivity contribution < 1.29 is 9.84 Å². The van der Waals surface area contributed by atoms with Gasteiger partial charge in [0.1, 0.15) is 0 Å². The summed E-state index contributed by atoms with van der Waals surface area (Å²) in [6, 6.07) is 0. The Balaban J connectivity index is 1.59. The Morgan fingerprint density at radius 2 is 1.58 bits per heavy atom. The molecule has 2 heteroatoms. The van der Waals surface area contributed by atoms with Crippen LogP contribution in [0.1, 0.15) is 58.8 Å². The van der Waals surface area contributed by atoms with Gasteiger partial charge in [-0.3, -0.25) is 0 Å². The Bertz CT molecular complexity index is 295. The first-order chi connectivity index (χ1) is 8.98. The molecule has 4 rings (SSSR count). The van der Waals surface area contributed by atoms with Gasteiger partial charge in [-0.15, -0.1) is 0 Å². The Labute approximate surface area is 117 Å². The first kappa shape index (κ1) is 13.9. The molecule has 4 saturated carbocycles. The molecule has 1 unspecified atom stereocenters. The number of aliphatic hydroxyl groups is 1. The van der Waals surface area contributed by atoms with Crippen LogP contribution >= 0.6 is 0 Å². The minimum atomic E-state index is -0.0931. The maximum absolute atomic E-state index is 10.7. The zero-order chi connectivity index (χ0) is 13.6. The number of aliphatic hydroxyl groups excluding tert-OH is 1. The first-order valence-electron chi connectivity index (χ1n) is 8.21. The molecule has 4 aliphatic rings. The second kappa shape index (κ2) is 5.04. The number of rotatable bonds is 5. The van der Waals surface area contributed by atoms with Gasteiger partial charge < -0.3 is 9.84 Å². The van der Waals surface area contributed by atoms with Crippen LogP contribution in [0.2, 0.25) is 0 Å². The van der Waals surface area contributed by atoms with Gasteiger partial charge in [0.2, 0.25) is 0 Å². The fourth-order valence-electron chi connectivity index (χ4n) is 5.39. The highest BCUT2D eigenvalue weighted by atomic mass is 16.5. The highest BCUT2D eigenvalue weighted by Gasteiger charge is 2.50. The van der Waals surface area contributed by atoms with Crippen LogP contribution < -0.4 is 0 Å². The van der Waals surface area contributed by atoms with E-state index < -0.39 is 0 Å². The maximum Gasteiger partial charge on any atom is 0.0623 e. The molecule has 4 bridgehead atoms. The van der Waals surface area contributed by atoms with E-state index in [0.29, 0.717) is 5.92 Å². The monoisotopic (exact) mass is 266 g/mol. The zero-order valence-corrected chi connectivity index (χ0v) is 12.8. The van der Waals surface area contributed by atoms with E-state index in [1.807, 2.05) is 0 Å². The smallest absolute Gasteiger partial charge is 0.0623 e. The van der Waals surface area contributed by atoms with E-state index in [1.54, 1.807) is 7.11 Å². The van der Waals surface area contributed by atoms with E-state index in [9.17, 15) is 5.11 Å². The largest absolute Gasteiger partial charge is 0.393 e. The van der Waals surface area contributed by atoms with E-state index in [0.717, 1.165) is 36.5 Å². The van der Waals surface area contributed by atoms with Gasteiger partial charge in [0, 0.05) is 7.11 Å². The summed E-state index contributed by atoms with van der Waals surface area (Å²) >= 11 is 0. The molecule has 0 aromatic heterocycles. The van der Waals surface area contributed by atoms with Crippen LogP contribution in [0, 0.1) is 29.6 Å². The van der Waals surface area contributed by atoms with Crippen molar-refractivity contribution in [2.45, 2.75) is 70.5 Å². The molecule has 0 spiro atoms. The third-order valence-corrected chi connectivity index (χ3v) is 6.34. The lowest BCUT2D eigenvalue weighted by molar-refractivity contribution is -0.0970. The molecule has 110 valence electrons. The molecule has 0 saturated heterocycles. The molecule has 0 aromatic rings. The van der Waals surface area contributed by atoms with Crippen molar-refractivity contribution in [2.24, 2.45) is 29.6 Å². The van der Waals surface area contributed by atoms with Crippen molar-refractivity contribution in [1.29, 1.82) is 0 Å². The van der Waals surface area contributed by atoms with Crippen LogP contribution in [0.5, 0.6) is 0 Å². The Morgan fingerprint density at radius 3 is 2.05 bits per heavy atom. The van der Waals surface area contributed by atoms with Gasteiger partial charge in [0.15, 0.2) is 0 Å². The van der Waals surface area contributed by atoms with Crippen LogP contribution in [0.15, 0.2) is 0 Å². The predicted molar refractivity (Wildman–Crippen MR) is 76.9 cm³/mol. The first-order valence-corrected chi connectivity index (χ1v) is 8.21. The van der Waals surface area contributed by atoms with Crippen molar-refractivity contribution >= 4 is 0 Å². The van der Waals surface area contributed by atoms with E-state index in [-0.39, 0.29) is 11.7 Å². The van der Waals surface area contributed by atoms with Crippen LogP contribution in [-0.2, 0) is 4.74 Å². The summed E-state index contributed by atoms with van der Waals surface area (Å²) in [6.07, 6.45) is 8.90. The van der Waals surface area contributed by atoms with Gasteiger partial charge in [-0.2, -0.15) is 0 Å². The summed E-state index contributed by atoms with van der Waals surface area (Å²) in [5, 5.41) is 10.7. The van der Waals surface area contributed by atoms with Crippen molar-refractivity contribution in [2.75, 3.05) is 7.11 Å². The van der Waals surface area contributed by atoms with E-state index in [4.69, 9.17) is 4.74 Å². The minimum absolute atomic E-state index is 0.0904. The van der Waals surface area contributed by atoms with E-state index in [1.165, 1.54) is 32.1 Å².